The Kier molecular flexibility index (Phi) is 4.82. The second-order valence-electron chi connectivity index (χ2n) is 4.77. The van der Waals surface area contributed by atoms with Gasteiger partial charge in [-0.2, -0.15) is 0 Å². The maximum Gasteiger partial charge on any atom is 0.323 e. The lowest BCUT2D eigenvalue weighted by molar-refractivity contribution is -0.143. The van der Waals surface area contributed by atoms with Crippen LogP contribution in [-0.4, -0.2) is 35.0 Å². The Hall–Kier alpha value is -2.41. The Labute approximate surface area is 116 Å². The van der Waals surface area contributed by atoms with Gasteiger partial charge in [-0.05, 0) is 38.1 Å². The number of nitrogens with one attached hydrogen (secondary N) is 2. The fraction of sp³-hybridized carbons (Fsp3) is 0.308. The zero-order valence-corrected chi connectivity index (χ0v) is 11.3. The number of benzene rings is 1. The number of carbonyl (C=O) groups is 3. The molecule has 20 heavy (non-hydrogen) atoms. The molecule has 0 heterocycles. The van der Waals surface area contributed by atoms with E-state index in [-0.39, 0.29) is 12.5 Å². The molecule has 2 amide bonds. The van der Waals surface area contributed by atoms with Crippen LogP contribution in [0.3, 0.4) is 0 Å². The molecule has 0 saturated heterocycles. The fourth-order valence-electron chi connectivity index (χ4n) is 1.30. The molecule has 0 spiro atoms. The van der Waals surface area contributed by atoms with Crippen molar-refractivity contribution in [3.05, 3.63) is 29.8 Å². The Morgan fingerprint density at radius 3 is 2.20 bits per heavy atom. The van der Waals surface area contributed by atoms with Crippen LogP contribution >= 0.6 is 0 Å². The molecule has 1 aromatic rings. The molecule has 0 atom stereocenters. The molecule has 0 aliphatic rings. The molecule has 5 N–H and O–H groups in total. The van der Waals surface area contributed by atoms with Crippen LogP contribution in [-0.2, 0) is 9.59 Å². The van der Waals surface area contributed by atoms with Gasteiger partial charge in [-0.1, -0.05) is 0 Å². The van der Waals surface area contributed by atoms with Gasteiger partial charge in [0.25, 0.3) is 0 Å². The van der Waals surface area contributed by atoms with E-state index in [1.54, 1.807) is 12.1 Å². The highest BCUT2D eigenvalue weighted by Crippen LogP contribution is 2.09. The van der Waals surface area contributed by atoms with Gasteiger partial charge in [0, 0.05) is 11.3 Å². The highest BCUT2D eigenvalue weighted by Gasteiger charge is 2.26. The van der Waals surface area contributed by atoms with E-state index in [9.17, 15) is 14.4 Å². The minimum absolute atomic E-state index is 0.142. The van der Waals surface area contributed by atoms with Crippen molar-refractivity contribution in [2.24, 2.45) is 5.73 Å². The van der Waals surface area contributed by atoms with Crippen molar-refractivity contribution in [2.45, 2.75) is 19.4 Å². The molecular formula is C13H17N3O4. The number of amides is 2. The topological polar surface area (TPSA) is 122 Å². The van der Waals surface area contributed by atoms with Crippen LogP contribution in [0.25, 0.3) is 0 Å². The largest absolute Gasteiger partial charge is 0.480 e. The number of carboxylic acids is 1. The minimum Gasteiger partial charge on any atom is -0.480 e. The van der Waals surface area contributed by atoms with E-state index < -0.39 is 17.4 Å². The van der Waals surface area contributed by atoms with Crippen LogP contribution in [0.15, 0.2) is 24.3 Å². The van der Waals surface area contributed by atoms with Gasteiger partial charge in [0.05, 0.1) is 6.54 Å². The first-order valence-corrected chi connectivity index (χ1v) is 5.90. The Balaban J connectivity index is 2.54. The van der Waals surface area contributed by atoms with Crippen LogP contribution in [0.1, 0.15) is 24.2 Å². The molecule has 0 fully saturated rings. The van der Waals surface area contributed by atoms with E-state index in [2.05, 4.69) is 10.6 Å². The third-order valence-corrected chi connectivity index (χ3v) is 2.68. The number of hydrogen-bond donors (Lipinski definition) is 4. The van der Waals surface area contributed by atoms with Crippen molar-refractivity contribution in [3.8, 4) is 0 Å². The summed E-state index contributed by atoms with van der Waals surface area (Å²) in [6.07, 6.45) is 0. The smallest absolute Gasteiger partial charge is 0.323 e. The summed E-state index contributed by atoms with van der Waals surface area (Å²) in [5, 5.41) is 14.1. The normalized spacial score (nSPS) is 10.9. The molecule has 0 radical (unpaired) electrons. The van der Waals surface area contributed by atoms with Crippen molar-refractivity contribution >= 4 is 23.5 Å². The molecular weight excluding hydrogens is 262 g/mol. The molecule has 7 heteroatoms. The number of carboxylic acid groups (broad SMARTS) is 1. The number of rotatable bonds is 6. The monoisotopic (exact) mass is 279 g/mol. The van der Waals surface area contributed by atoms with Crippen LogP contribution in [0.5, 0.6) is 0 Å². The highest BCUT2D eigenvalue weighted by atomic mass is 16.4. The Bertz CT molecular complexity index is 523. The van der Waals surface area contributed by atoms with Gasteiger partial charge in [0.2, 0.25) is 11.8 Å². The number of anilines is 1. The summed E-state index contributed by atoms with van der Waals surface area (Å²) in [4.78, 5) is 33.4. The van der Waals surface area contributed by atoms with Gasteiger partial charge >= 0.3 is 5.97 Å². The lowest BCUT2D eigenvalue weighted by Crippen LogP contribution is -2.49. The van der Waals surface area contributed by atoms with Gasteiger partial charge in [-0.25, -0.2) is 0 Å². The zero-order valence-electron chi connectivity index (χ0n) is 11.3. The van der Waals surface area contributed by atoms with Crippen molar-refractivity contribution in [3.63, 3.8) is 0 Å². The highest BCUT2D eigenvalue weighted by molar-refractivity contribution is 5.95. The summed E-state index contributed by atoms with van der Waals surface area (Å²) in [6, 6.07) is 6.07. The first-order chi connectivity index (χ1) is 9.22. The standard InChI is InChI=1S/C13H17N3O4/c1-13(2,12(19)20)15-7-10(17)16-9-5-3-8(4-6-9)11(14)18/h3-6,15H,7H2,1-2H3,(H2,14,18)(H,16,17)(H,19,20). The molecule has 0 saturated carbocycles. The van der Waals surface area contributed by atoms with E-state index in [0.29, 0.717) is 11.3 Å². The molecule has 1 aromatic carbocycles. The number of primary amides is 1. The molecule has 0 unspecified atom stereocenters. The zero-order chi connectivity index (χ0) is 15.3. The van der Waals surface area contributed by atoms with Crippen LogP contribution in [0.2, 0.25) is 0 Å². The lowest BCUT2D eigenvalue weighted by Gasteiger charge is -2.20. The number of carbonyl (C=O) groups excluding carboxylic acids is 2. The summed E-state index contributed by atoms with van der Waals surface area (Å²) in [6.45, 7) is 2.78. The summed E-state index contributed by atoms with van der Waals surface area (Å²) in [7, 11) is 0. The average molecular weight is 279 g/mol. The second-order valence-corrected chi connectivity index (χ2v) is 4.77. The predicted octanol–water partition coefficient (Wildman–Crippen LogP) is 0.177. The van der Waals surface area contributed by atoms with Gasteiger partial charge in [0.1, 0.15) is 5.54 Å². The summed E-state index contributed by atoms with van der Waals surface area (Å²) >= 11 is 0. The van der Waals surface area contributed by atoms with Gasteiger partial charge in [-0.15, -0.1) is 0 Å². The van der Waals surface area contributed by atoms with Gasteiger partial charge in [0.15, 0.2) is 0 Å². The van der Waals surface area contributed by atoms with Gasteiger partial charge < -0.3 is 16.2 Å². The quantitative estimate of drug-likeness (QED) is 0.591. The molecule has 7 nitrogen and oxygen atoms in total. The molecule has 0 aromatic heterocycles. The lowest BCUT2D eigenvalue weighted by atomic mass is 10.1. The number of hydrogen-bond acceptors (Lipinski definition) is 4. The minimum atomic E-state index is -1.19. The SMILES string of the molecule is CC(C)(NCC(=O)Nc1ccc(C(N)=O)cc1)C(=O)O. The maximum absolute atomic E-state index is 11.6. The van der Waals surface area contributed by atoms with E-state index in [0.717, 1.165) is 0 Å². The second kappa shape index (κ2) is 6.16. The third kappa shape index (κ3) is 4.36. The molecule has 0 aliphatic heterocycles. The predicted molar refractivity (Wildman–Crippen MR) is 73.3 cm³/mol. The van der Waals surface area contributed by atoms with Crippen LogP contribution in [0.4, 0.5) is 5.69 Å². The molecule has 108 valence electrons. The number of aliphatic carboxylic acids is 1. The Morgan fingerprint density at radius 2 is 1.75 bits per heavy atom. The first kappa shape index (κ1) is 15.6. The van der Waals surface area contributed by atoms with Crippen molar-refractivity contribution < 1.29 is 19.5 Å². The van der Waals surface area contributed by atoms with Crippen molar-refractivity contribution in [1.29, 1.82) is 0 Å². The average Bonchev–Trinajstić information content (AvgIpc) is 2.37. The van der Waals surface area contributed by atoms with Crippen LogP contribution < -0.4 is 16.4 Å². The molecule has 0 bridgehead atoms. The van der Waals surface area contributed by atoms with Crippen molar-refractivity contribution in [2.75, 3.05) is 11.9 Å². The maximum atomic E-state index is 11.6. The molecule has 0 aliphatic carbocycles. The van der Waals surface area contributed by atoms with E-state index in [1.165, 1.54) is 26.0 Å². The molecule has 1 rings (SSSR count). The van der Waals surface area contributed by atoms with E-state index in [1.807, 2.05) is 0 Å². The third-order valence-electron chi connectivity index (χ3n) is 2.68. The summed E-state index contributed by atoms with van der Waals surface area (Å²) in [5.41, 5.74) is 4.75. The van der Waals surface area contributed by atoms with E-state index >= 15 is 0 Å². The summed E-state index contributed by atoms with van der Waals surface area (Å²) < 4.78 is 0. The van der Waals surface area contributed by atoms with Crippen molar-refractivity contribution in [1.82, 2.24) is 5.32 Å². The van der Waals surface area contributed by atoms with Gasteiger partial charge in [-0.3, -0.25) is 19.7 Å². The van der Waals surface area contributed by atoms with Crippen LogP contribution in [0, 0.1) is 0 Å². The number of nitrogens with two attached hydrogens (primary N) is 1. The van der Waals surface area contributed by atoms with E-state index in [4.69, 9.17) is 10.8 Å². The fourth-order valence-corrected chi connectivity index (χ4v) is 1.30. The Morgan fingerprint density at radius 1 is 1.20 bits per heavy atom. The first-order valence-electron chi connectivity index (χ1n) is 5.90. The summed E-state index contributed by atoms with van der Waals surface area (Å²) in [5.74, 6) is -1.98.